The zero-order valence-corrected chi connectivity index (χ0v) is 18.0. The van der Waals surface area contributed by atoms with Crippen molar-refractivity contribution in [2.24, 2.45) is 5.16 Å². The van der Waals surface area contributed by atoms with E-state index >= 15 is 0 Å². The van der Waals surface area contributed by atoms with Gasteiger partial charge in [0.1, 0.15) is 19.3 Å². The molecule has 0 aromatic heterocycles. The molecular formula is C25H28N2O4. The smallest absolute Gasteiger partial charge is 0.329 e. The van der Waals surface area contributed by atoms with Gasteiger partial charge >= 0.3 is 5.97 Å². The fraction of sp³-hybridized carbons (Fsp3) is 0.400. The highest BCUT2D eigenvalue weighted by atomic mass is 16.6. The Morgan fingerprint density at radius 3 is 2.42 bits per heavy atom. The van der Waals surface area contributed by atoms with Crippen LogP contribution in [0.4, 0.5) is 0 Å². The van der Waals surface area contributed by atoms with E-state index in [4.69, 9.17) is 9.57 Å². The number of rotatable bonds is 5. The summed E-state index contributed by atoms with van der Waals surface area (Å²) in [6, 6.07) is 15.0. The van der Waals surface area contributed by atoms with E-state index in [0.717, 1.165) is 36.8 Å². The molecule has 0 N–H and O–H groups in total. The lowest BCUT2D eigenvalue weighted by atomic mass is 9.99. The molecule has 0 spiro atoms. The first-order valence-electron chi connectivity index (χ1n) is 10.8. The van der Waals surface area contributed by atoms with Gasteiger partial charge in [0, 0.05) is 12.0 Å². The van der Waals surface area contributed by atoms with Crippen molar-refractivity contribution < 1.29 is 19.2 Å². The molecule has 0 radical (unpaired) electrons. The van der Waals surface area contributed by atoms with Gasteiger partial charge in [0.15, 0.2) is 0 Å². The maximum absolute atomic E-state index is 13.3. The van der Waals surface area contributed by atoms with Crippen molar-refractivity contribution in [2.45, 2.75) is 51.2 Å². The third kappa shape index (κ3) is 4.63. The zero-order valence-electron chi connectivity index (χ0n) is 18.0. The van der Waals surface area contributed by atoms with Gasteiger partial charge in [-0.2, -0.15) is 0 Å². The standard InChI is InChI=1S/C25H28N2O4/c1-17-7-3-6-10-22(17)18-11-13-19(14-12-18)24(28)27-16-20(26-30-2)15-23(27)25(29)31-21-8-4-5-9-21/h3,6-7,10-14,21,23H,4-5,8-9,15-16H2,1-2H3/b26-20-/t23-/m0/s1. The second-order valence-corrected chi connectivity index (χ2v) is 8.23. The molecule has 162 valence electrons. The Bertz CT molecular complexity index is 977. The normalized spacial score (nSPS) is 20.3. The second kappa shape index (κ2) is 9.33. The quantitative estimate of drug-likeness (QED) is 0.532. The number of carbonyl (C=O) groups excluding carboxylic acids is 2. The molecular weight excluding hydrogens is 392 g/mol. The van der Waals surface area contributed by atoms with Crippen LogP contribution in [0, 0.1) is 6.92 Å². The van der Waals surface area contributed by atoms with E-state index in [0.29, 0.717) is 17.7 Å². The van der Waals surface area contributed by atoms with Crippen molar-refractivity contribution >= 4 is 17.6 Å². The van der Waals surface area contributed by atoms with Crippen LogP contribution in [0.25, 0.3) is 11.1 Å². The number of hydrogen-bond donors (Lipinski definition) is 0. The van der Waals surface area contributed by atoms with Gasteiger partial charge in [-0.15, -0.1) is 0 Å². The number of aryl methyl sites for hydroxylation is 1. The number of nitrogens with zero attached hydrogens (tertiary/aromatic N) is 2. The number of amides is 1. The Kier molecular flexibility index (Phi) is 6.35. The Hall–Kier alpha value is -3.15. The van der Waals surface area contributed by atoms with Gasteiger partial charge < -0.3 is 14.5 Å². The van der Waals surface area contributed by atoms with Crippen LogP contribution in [-0.2, 0) is 14.4 Å². The average Bonchev–Trinajstić information content (AvgIpc) is 3.44. The van der Waals surface area contributed by atoms with Crippen LogP contribution in [0.15, 0.2) is 53.7 Å². The number of oxime groups is 1. The predicted octanol–water partition coefficient (Wildman–Crippen LogP) is 4.36. The van der Waals surface area contributed by atoms with Crippen molar-refractivity contribution in [1.82, 2.24) is 4.90 Å². The number of ether oxygens (including phenoxy) is 1. The zero-order chi connectivity index (χ0) is 21.8. The maximum atomic E-state index is 13.3. The van der Waals surface area contributed by atoms with Crippen LogP contribution in [0.2, 0.25) is 0 Å². The van der Waals surface area contributed by atoms with Crippen LogP contribution in [0.1, 0.15) is 48.0 Å². The molecule has 6 nitrogen and oxygen atoms in total. The maximum Gasteiger partial charge on any atom is 0.329 e. The number of esters is 1. The van der Waals surface area contributed by atoms with Crippen LogP contribution < -0.4 is 0 Å². The Morgan fingerprint density at radius 1 is 1.03 bits per heavy atom. The fourth-order valence-electron chi connectivity index (χ4n) is 4.43. The summed E-state index contributed by atoms with van der Waals surface area (Å²) < 4.78 is 5.70. The third-order valence-electron chi connectivity index (χ3n) is 6.08. The number of benzene rings is 2. The van der Waals surface area contributed by atoms with E-state index in [1.807, 2.05) is 36.4 Å². The van der Waals surface area contributed by atoms with E-state index in [9.17, 15) is 9.59 Å². The molecule has 1 heterocycles. The van der Waals surface area contributed by atoms with Crippen molar-refractivity contribution in [3.63, 3.8) is 0 Å². The molecule has 1 atom stereocenters. The van der Waals surface area contributed by atoms with Gasteiger partial charge in [0.25, 0.3) is 5.91 Å². The molecule has 31 heavy (non-hydrogen) atoms. The molecule has 2 aromatic carbocycles. The Labute approximate surface area is 182 Å². The molecule has 0 bridgehead atoms. The van der Waals surface area contributed by atoms with Gasteiger partial charge in [-0.05, 0) is 61.4 Å². The molecule has 2 fully saturated rings. The average molecular weight is 421 g/mol. The van der Waals surface area contributed by atoms with Crippen LogP contribution in [0.5, 0.6) is 0 Å². The molecule has 1 amide bonds. The molecule has 2 aromatic rings. The summed E-state index contributed by atoms with van der Waals surface area (Å²) in [5, 5.41) is 3.99. The summed E-state index contributed by atoms with van der Waals surface area (Å²) in [6.45, 7) is 2.33. The summed E-state index contributed by atoms with van der Waals surface area (Å²) in [6.07, 6.45) is 4.24. The van der Waals surface area contributed by atoms with Crippen molar-refractivity contribution in [2.75, 3.05) is 13.7 Å². The van der Waals surface area contributed by atoms with Gasteiger partial charge in [-0.3, -0.25) is 4.79 Å². The second-order valence-electron chi connectivity index (χ2n) is 8.23. The topological polar surface area (TPSA) is 68.2 Å². The lowest BCUT2D eigenvalue weighted by Crippen LogP contribution is -2.42. The fourth-order valence-corrected chi connectivity index (χ4v) is 4.43. The molecule has 1 saturated carbocycles. The van der Waals surface area contributed by atoms with Crippen LogP contribution in [0.3, 0.4) is 0 Å². The lowest BCUT2D eigenvalue weighted by molar-refractivity contribution is -0.153. The first kappa shape index (κ1) is 21.1. The summed E-state index contributed by atoms with van der Waals surface area (Å²) in [5.41, 5.74) is 4.57. The highest BCUT2D eigenvalue weighted by Gasteiger charge is 2.40. The number of hydrogen-bond acceptors (Lipinski definition) is 5. The molecule has 2 aliphatic rings. The number of carbonyl (C=O) groups is 2. The minimum Gasteiger partial charge on any atom is -0.461 e. The van der Waals surface area contributed by atoms with E-state index in [1.54, 1.807) is 4.90 Å². The van der Waals surface area contributed by atoms with E-state index in [2.05, 4.69) is 24.2 Å². The van der Waals surface area contributed by atoms with Crippen LogP contribution in [-0.4, -0.2) is 48.3 Å². The summed E-state index contributed by atoms with van der Waals surface area (Å²) in [4.78, 5) is 32.6. The first-order valence-corrected chi connectivity index (χ1v) is 10.8. The SMILES string of the molecule is CO/N=C1/C[C@@H](C(=O)OC2CCCC2)N(C(=O)c2ccc(-c3ccccc3C)cc2)C1. The molecule has 1 aliphatic carbocycles. The van der Waals surface area contributed by atoms with Crippen LogP contribution >= 0.6 is 0 Å². The highest BCUT2D eigenvalue weighted by Crippen LogP contribution is 2.27. The third-order valence-corrected chi connectivity index (χ3v) is 6.08. The van der Waals surface area contributed by atoms with Gasteiger partial charge in [0.2, 0.25) is 0 Å². The molecule has 1 aliphatic heterocycles. The van der Waals surface area contributed by atoms with Crippen molar-refractivity contribution in [1.29, 1.82) is 0 Å². The van der Waals surface area contributed by atoms with Crippen molar-refractivity contribution in [3.05, 3.63) is 59.7 Å². The lowest BCUT2D eigenvalue weighted by Gasteiger charge is -2.24. The first-order chi connectivity index (χ1) is 15.1. The van der Waals surface area contributed by atoms with Gasteiger partial charge in [-0.1, -0.05) is 41.6 Å². The summed E-state index contributed by atoms with van der Waals surface area (Å²) >= 11 is 0. The van der Waals surface area contributed by atoms with E-state index in [-0.39, 0.29) is 24.5 Å². The molecule has 1 saturated heterocycles. The largest absolute Gasteiger partial charge is 0.461 e. The van der Waals surface area contributed by atoms with Gasteiger partial charge in [-0.25, -0.2) is 4.79 Å². The minimum absolute atomic E-state index is 0.0405. The summed E-state index contributed by atoms with van der Waals surface area (Å²) in [7, 11) is 1.47. The molecule has 6 heteroatoms. The van der Waals surface area contributed by atoms with Crippen molar-refractivity contribution in [3.8, 4) is 11.1 Å². The minimum atomic E-state index is -0.668. The summed E-state index contributed by atoms with van der Waals surface area (Å²) in [5.74, 6) is -0.552. The highest BCUT2D eigenvalue weighted by molar-refractivity contribution is 6.04. The molecule has 0 unspecified atom stereocenters. The van der Waals surface area contributed by atoms with E-state index < -0.39 is 6.04 Å². The Balaban J connectivity index is 1.53. The molecule has 4 rings (SSSR count). The van der Waals surface area contributed by atoms with Gasteiger partial charge in [0.05, 0.1) is 12.3 Å². The number of likely N-dealkylation sites (tertiary alicyclic amines) is 1. The van der Waals surface area contributed by atoms with E-state index in [1.165, 1.54) is 12.7 Å². The Morgan fingerprint density at radius 2 is 1.74 bits per heavy atom. The monoisotopic (exact) mass is 420 g/mol. The predicted molar refractivity (Wildman–Crippen MR) is 119 cm³/mol.